The predicted octanol–water partition coefficient (Wildman–Crippen LogP) is 4.29. The van der Waals surface area contributed by atoms with Gasteiger partial charge in [0, 0.05) is 41.8 Å². The van der Waals surface area contributed by atoms with Crippen molar-refractivity contribution in [2.24, 2.45) is 4.99 Å². The fourth-order valence-electron chi connectivity index (χ4n) is 3.85. The van der Waals surface area contributed by atoms with Gasteiger partial charge in [-0.1, -0.05) is 23.8 Å². The first-order valence-corrected chi connectivity index (χ1v) is 10.2. The summed E-state index contributed by atoms with van der Waals surface area (Å²) in [5, 5.41) is 7.66. The van der Waals surface area contributed by atoms with Gasteiger partial charge in [-0.05, 0) is 50.8 Å². The molecular formula is C21H31ClIN3O2. The number of benzene rings is 1. The van der Waals surface area contributed by atoms with Gasteiger partial charge in [0.1, 0.15) is 5.75 Å². The van der Waals surface area contributed by atoms with Gasteiger partial charge in [-0.2, -0.15) is 0 Å². The number of hydrogen-bond acceptors (Lipinski definition) is 3. The second kappa shape index (κ2) is 11.3. The summed E-state index contributed by atoms with van der Waals surface area (Å²) in [6.07, 6.45) is 8.34. The fraction of sp³-hybridized carbons (Fsp3) is 0.571. The van der Waals surface area contributed by atoms with Crippen LogP contribution in [0.2, 0.25) is 5.02 Å². The molecule has 3 rings (SSSR count). The molecule has 1 aromatic carbocycles. The Hall–Kier alpha value is -0.990. The summed E-state index contributed by atoms with van der Waals surface area (Å²) < 4.78 is 11.3. The van der Waals surface area contributed by atoms with Crippen LogP contribution in [0.25, 0.3) is 0 Å². The van der Waals surface area contributed by atoms with Gasteiger partial charge >= 0.3 is 0 Å². The molecule has 5 nitrogen and oxygen atoms in total. The minimum atomic E-state index is -0.134. The Morgan fingerprint density at radius 3 is 2.64 bits per heavy atom. The maximum Gasteiger partial charge on any atom is 0.191 e. The number of methoxy groups -OCH3 is 1. The van der Waals surface area contributed by atoms with Crippen molar-refractivity contribution in [2.45, 2.75) is 44.1 Å². The molecule has 1 aliphatic heterocycles. The highest BCUT2D eigenvalue weighted by Gasteiger charge is 2.37. The lowest BCUT2D eigenvalue weighted by Gasteiger charge is -2.37. The summed E-state index contributed by atoms with van der Waals surface area (Å²) in [5.41, 5.74) is 0.994. The van der Waals surface area contributed by atoms with E-state index >= 15 is 0 Å². The highest BCUT2D eigenvalue weighted by molar-refractivity contribution is 14.0. The van der Waals surface area contributed by atoms with E-state index in [9.17, 15) is 0 Å². The van der Waals surface area contributed by atoms with Gasteiger partial charge in [-0.3, -0.25) is 4.99 Å². The van der Waals surface area contributed by atoms with E-state index in [4.69, 9.17) is 26.1 Å². The quantitative estimate of drug-likeness (QED) is 0.255. The zero-order valence-corrected chi connectivity index (χ0v) is 19.8. The van der Waals surface area contributed by atoms with Gasteiger partial charge in [0.25, 0.3) is 0 Å². The molecule has 0 radical (unpaired) electrons. The fourth-order valence-corrected chi connectivity index (χ4v) is 4.02. The van der Waals surface area contributed by atoms with E-state index in [0.717, 1.165) is 67.7 Å². The number of nitrogens with one attached hydrogen (secondary N) is 2. The monoisotopic (exact) mass is 519 g/mol. The van der Waals surface area contributed by atoms with E-state index in [2.05, 4.69) is 29.7 Å². The zero-order valence-electron chi connectivity index (χ0n) is 16.7. The molecule has 1 saturated heterocycles. The van der Waals surface area contributed by atoms with E-state index in [-0.39, 0.29) is 29.4 Å². The lowest BCUT2D eigenvalue weighted by Crippen LogP contribution is -2.44. The molecule has 0 amide bonds. The molecule has 7 heteroatoms. The molecule has 2 aliphatic rings. The number of guanidine groups is 1. The minimum absolute atomic E-state index is 0. The van der Waals surface area contributed by atoms with Gasteiger partial charge in [-0.25, -0.2) is 0 Å². The average molecular weight is 520 g/mol. The molecule has 156 valence electrons. The Kier molecular flexibility index (Phi) is 9.37. The molecule has 1 heterocycles. The van der Waals surface area contributed by atoms with Crippen molar-refractivity contribution in [3.63, 3.8) is 0 Å². The summed E-state index contributed by atoms with van der Waals surface area (Å²) in [6, 6.07) is 6.28. The van der Waals surface area contributed by atoms with E-state index < -0.39 is 0 Å². The molecule has 1 aromatic rings. The van der Waals surface area contributed by atoms with Crippen LogP contribution in [-0.4, -0.2) is 45.4 Å². The van der Waals surface area contributed by atoms with Crippen molar-refractivity contribution in [1.82, 2.24) is 10.6 Å². The summed E-state index contributed by atoms with van der Waals surface area (Å²) in [4.78, 5) is 4.97. The Morgan fingerprint density at radius 1 is 1.29 bits per heavy atom. The number of nitrogens with zero attached hydrogens (tertiary/aromatic N) is 1. The van der Waals surface area contributed by atoms with Crippen molar-refractivity contribution in [1.29, 1.82) is 0 Å². The van der Waals surface area contributed by atoms with Crippen LogP contribution in [0.15, 0.2) is 35.3 Å². The molecule has 0 bridgehead atoms. The molecule has 28 heavy (non-hydrogen) atoms. The predicted molar refractivity (Wildman–Crippen MR) is 126 cm³/mol. The molecule has 0 unspecified atom stereocenters. The number of hydrogen-bond donors (Lipinski definition) is 2. The minimum Gasteiger partial charge on any atom is -0.496 e. The number of ether oxygens (including phenoxy) is 2. The Morgan fingerprint density at radius 2 is 2.00 bits per heavy atom. The Bertz CT molecular complexity index is 682. The van der Waals surface area contributed by atoms with E-state index in [1.54, 1.807) is 7.11 Å². The van der Waals surface area contributed by atoms with Gasteiger partial charge < -0.3 is 20.1 Å². The smallest absolute Gasteiger partial charge is 0.191 e. The maximum absolute atomic E-state index is 6.33. The van der Waals surface area contributed by atoms with Crippen molar-refractivity contribution < 1.29 is 9.47 Å². The van der Waals surface area contributed by atoms with Crippen molar-refractivity contribution in [3.05, 3.63) is 40.9 Å². The second-order valence-electron chi connectivity index (χ2n) is 7.22. The summed E-state index contributed by atoms with van der Waals surface area (Å²) in [5.74, 6) is 1.74. The molecule has 0 aromatic heterocycles. The van der Waals surface area contributed by atoms with E-state index in [1.807, 2.05) is 18.2 Å². The van der Waals surface area contributed by atoms with Crippen LogP contribution in [0.3, 0.4) is 0 Å². The highest BCUT2D eigenvalue weighted by Crippen LogP contribution is 2.41. The van der Waals surface area contributed by atoms with Crippen LogP contribution in [-0.2, 0) is 10.2 Å². The lowest BCUT2D eigenvalue weighted by molar-refractivity contribution is 0.0522. The lowest BCUT2D eigenvalue weighted by atomic mass is 9.73. The van der Waals surface area contributed by atoms with Gasteiger partial charge in [0.15, 0.2) is 5.96 Å². The summed E-state index contributed by atoms with van der Waals surface area (Å²) in [6.45, 7) is 5.04. The third-order valence-electron chi connectivity index (χ3n) is 5.42. The molecule has 1 fully saturated rings. The van der Waals surface area contributed by atoms with E-state index in [1.165, 1.54) is 0 Å². The standard InChI is InChI=1S/C21H30ClN3O2.HI/c1-3-23-20(25-17-6-4-5-7-17)24-15-21(10-12-27-13-11-21)18-14-16(22)8-9-19(18)26-2;/h4-5,8-9,14,17H,3,6-7,10-13,15H2,1-2H3,(H2,23,24,25);1H. The number of rotatable bonds is 6. The van der Waals surface area contributed by atoms with Crippen LogP contribution in [0, 0.1) is 0 Å². The van der Waals surface area contributed by atoms with Gasteiger partial charge in [0.2, 0.25) is 0 Å². The van der Waals surface area contributed by atoms with Gasteiger partial charge in [-0.15, -0.1) is 24.0 Å². The first-order valence-electron chi connectivity index (χ1n) is 9.78. The Balaban J connectivity index is 0.00000280. The summed E-state index contributed by atoms with van der Waals surface area (Å²) in [7, 11) is 1.71. The third kappa shape index (κ3) is 5.76. The topological polar surface area (TPSA) is 54.9 Å². The largest absolute Gasteiger partial charge is 0.496 e. The first-order chi connectivity index (χ1) is 13.2. The van der Waals surface area contributed by atoms with Crippen molar-refractivity contribution in [2.75, 3.05) is 33.4 Å². The SMILES string of the molecule is CCNC(=NCC1(c2cc(Cl)ccc2OC)CCOCC1)NC1CC=CC1.I. The highest BCUT2D eigenvalue weighted by atomic mass is 127. The summed E-state index contributed by atoms with van der Waals surface area (Å²) >= 11 is 6.33. The number of aliphatic imine (C=N–C) groups is 1. The molecule has 1 aliphatic carbocycles. The van der Waals surface area contributed by atoms with Crippen molar-refractivity contribution in [3.8, 4) is 5.75 Å². The van der Waals surface area contributed by atoms with Crippen molar-refractivity contribution >= 4 is 41.5 Å². The van der Waals surface area contributed by atoms with Crippen LogP contribution in [0.1, 0.15) is 38.2 Å². The maximum atomic E-state index is 6.33. The molecule has 0 spiro atoms. The first kappa shape index (κ1) is 23.3. The molecule has 0 saturated carbocycles. The average Bonchev–Trinajstić information content (AvgIpc) is 3.20. The van der Waals surface area contributed by atoms with Crippen LogP contribution in [0.4, 0.5) is 0 Å². The zero-order chi connectivity index (χ0) is 19.1. The third-order valence-corrected chi connectivity index (χ3v) is 5.65. The molecule has 2 N–H and O–H groups in total. The Labute approximate surface area is 190 Å². The second-order valence-corrected chi connectivity index (χ2v) is 7.65. The number of halogens is 2. The van der Waals surface area contributed by atoms with Crippen LogP contribution >= 0.6 is 35.6 Å². The van der Waals surface area contributed by atoms with E-state index in [0.29, 0.717) is 12.6 Å². The molecule has 0 atom stereocenters. The molecular weight excluding hydrogens is 489 g/mol. The normalized spacial score (nSPS) is 19.2. The van der Waals surface area contributed by atoms with Gasteiger partial charge in [0.05, 0.1) is 13.7 Å². The van der Waals surface area contributed by atoms with Crippen LogP contribution < -0.4 is 15.4 Å². The van der Waals surface area contributed by atoms with Crippen LogP contribution in [0.5, 0.6) is 5.75 Å².